The maximum absolute atomic E-state index is 13.5. The molecular weight excluding hydrogens is 492 g/mol. The molecule has 0 atom stereocenters. The van der Waals surface area contributed by atoms with Gasteiger partial charge >= 0.3 is 0 Å². The van der Waals surface area contributed by atoms with Crippen LogP contribution in [0, 0.1) is 0 Å². The van der Waals surface area contributed by atoms with Crippen molar-refractivity contribution in [2.45, 2.75) is 17.7 Å². The standard InChI is InChI=1S/C31H28N4O2S/c36-38(37,26-16-14-25(15-17-26)24-11-5-2-6-12-24)34-30-21-27-28(18-13-23-9-3-1-4-10-23)32-33-29(27)22-31(30)35-19-7-8-20-35/h1-6,9-18,21-22,34H,7-8,19-20H2,(H,32,33)/b18-13+. The number of hydrogen-bond donors (Lipinski definition) is 2. The van der Waals surface area contributed by atoms with E-state index < -0.39 is 10.0 Å². The Labute approximate surface area is 222 Å². The molecule has 1 aromatic heterocycles. The maximum atomic E-state index is 13.5. The van der Waals surface area contributed by atoms with Crippen LogP contribution >= 0.6 is 0 Å². The van der Waals surface area contributed by atoms with E-state index >= 15 is 0 Å². The van der Waals surface area contributed by atoms with E-state index in [4.69, 9.17) is 0 Å². The molecule has 7 heteroatoms. The first-order chi connectivity index (χ1) is 18.6. The Morgan fingerprint density at radius 3 is 2.16 bits per heavy atom. The van der Waals surface area contributed by atoms with Crippen LogP contribution in [0.3, 0.4) is 0 Å². The molecule has 6 nitrogen and oxygen atoms in total. The van der Waals surface area contributed by atoms with Crippen molar-refractivity contribution in [3.63, 3.8) is 0 Å². The third-order valence-electron chi connectivity index (χ3n) is 6.90. The van der Waals surface area contributed by atoms with Gasteiger partial charge < -0.3 is 4.90 Å². The Bertz CT molecular complexity index is 1690. The number of aromatic nitrogens is 2. The van der Waals surface area contributed by atoms with Crippen LogP contribution in [0.1, 0.15) is 24.1 Å². The average Bonchev–Trinajstić information content (AvgIpc) is 3.63. The lowest BCUT2D eigenvalue weighted by Gasteiger charge is -2.22. The highest BCUT2D eigenvalue weighted by Gasteiger charge is 2.22. The van der Waals surface area contributed by atoms with Gasteiger partial charge in [0.05, 0.1) is 27.5 Å². The third kappa shape index (κ3) is 4.93. The summed E-state index contributed by atoms with van der Waals surface area (Å²) in [4.78, 5) is 2.46. The number of nitrogens with one attached hydrogen (secondary N) is 2. The summed E-state index contributed by atoms with van der Waals surface area (Å²) in [5.41, 5.74) is 6.12. The van der Waals surface area contributed by atoms with E-state index in [1.54, 1.807) is 12.1 Å². The molecule has 2 heterocycles. The molecule has 0 amide bonds. The van der Waals surface area contributed by atoms with E-state index in [-0.39, 0.29) is 4.90 Å². The Balaban J connectivity index is 1.36. The van der Waals surface area contributed by atoms with Crippen molar-refractivity contribution in [1.82, 2.24) is 10.2 Å². The first kappa shape index (κ1) is 24.0. The van der Waals surface area contributed by atoms with E-state index in [2.05, 4.69) is 19.8 Å². The Morgan fingerprint density at radius 2 is 1.45 bits per heavy atom. The number of sulfonamides is 1. The van der Waals surface area contributed by atoms with E-state index in [1.165, 1.54) is 0 Å². The maximum Gasteiger partial charge on any atom is 0.261 e. The second kappa shape index (κ2) is 10.2. The second-order valence-corrected chi connectivity index (χ2v) is 11.1. The smallest absolute Gasteiger partial charge is 0.261 e. The highest BCUT2D eigenvalue weighted by atomic mass is 32.2. The van der Waals surface area contributed by atoms with Crippen molar-refractivity contribution in [2.24, 2.45) is 0 Å². The van der Waals surface area contributed by atoms with E-state index in [1.807, 2.05) is 97.1 Å². The van der Waals surface area contributed by atoms with Crippen LogP contribution in [-0.4, -0.2) is 31.7 Å². The summed E-state index contributed by atoms with van der Waals surface area (Å²) in [5, 5.41) is 8.49. The first-order valence-electron chi connectivity index (χ1n) is 12.8. The lowest BCUT2D eigenvalue weighted by atomic mass is 10.1. The normalized spacial score (nSPS) is 13.9. The molecule has 0 bridgehead atoms. The predicted molar refractivity (Wildman–Crippen MR) is 156 cm³/mol. The number of aromatic amines is 1. The van der Waals surface area contributed by atoms with Gasteiger partial charge in [0.1, 0.15) is 0 Å². The Morgan fingerprint density at radius 1 is 0.789 bits per heavy atom. The number of benzene rings is 4. The zero-order valence-corrected chi connectivity index (χ0v) is 21.7. The molecule has 6 rings (SSSR count). The van der Waals surface area contributed by atoms with Crippen molar-refractivity contribution < 1.29 is 8.42 Å². The minimum absolute atomic E-state index is 0.223. The Hall–Kier alpha value is -4.36. The van der Waals surface area contributed by atoms with Crippen LogP contribution < -0.4 is 9.62 Å². The SMILES string of the molecule is O=S(=O)(Nc1cc2c(/C=C/c3ccccc3)n[nH]c2cc1N1CCCC1)c1ccc(-c2ccccc2)cc1. The van der Waals surface area contributed by atoms with Crippen LogP contribution in [0.4, 0.5) is 11.4 Å². The summed E-state index contributed by atoms with van der Waals surface area (Å²) >= 11 is 0. The van der Waals surface area contributed by atoms with Crippen molar-refractivity contribution in [3.8, 4) is 11.1 Å². The number of rotatable bonds is 7. The molecule has 0 saturated carbocycles. The molecule has 38 heavy (non-hydrogen) atoms. The minimum Gasteiger partial charge on any atom is -0.370 e. The van der Waals surface area contributed by atoms with Crippen molar-refractivity contribution in [3.05, 3.63) is 108 Å². The summed E-state index contributed by atoms with van der Waals surface area (Å²) in [5.74, 6) is 0. The zero-order valence-electron chi connectivity index (χ0n) is 20.8. The van der Waals surface area contributed by atoms with Crippen molar-refractivity contribution in [1.29, 1.82) is 0 Å². The van der Waals surface area contributed by atoms with E-state index in [0.717, 1.165) is 64.9 Å². The monoisotopic (exact) mass is 520 g/mol. The Kier molecular flexibility index (Phi) is 6.43. The van der Waals surface area contributed by atoms with Crippen LogP contribution in [0.2, 0.25) is 0 Å². The number of anilines is 2. The molecule has 4 aromatic carbocycles. The minimum atomic E-state index is -3.81. The molecule has 5 aromatic rings. The van der Waals surface area contributed by atoms with Gasteiger partial charge in [-0.25, -0.2) is 8.42 Å². The van der Waals surface area contributed by atoms with Crippen molar-refractivity contribution >= 4 is 44.5 Å². The van der Waals surface area contributed by atoms with Crippen LogP contribution in [0.5, 0.6) is 0 Å². The molecule has 0 spiro atoms. The fraction of sp³-hybridized carbons (Fsp3) is 0.129. The number of H-pyrrole nitrogens is 1. The van der Waals surface area contributed by atoms with Crippen LogP contribution in [0.25, 0.3) is 34.2 Å². The van der Waals surface area contributed by atoms with Gasteiger partial charge in [-0.1, -0.05) is 78.9 Å². The van der Waals surface area contributed by atoms with Crippen LogP contribution in [-0.2, 0) is 10.0 Å². The molecule has 190 valence electrons. The van der Waals surface area contributed by atoms with Crippen LogP contribution in [0.15, 0.2) is 102 Å². The molecule has 0 radical (unpaired) electrons. The highest BCUT2D eigenvalue weighted by molar-refractivity contribution is 7.92. The molecule has 1 fully saturated rings. The topological polar surface area (TPSA) is 78.1 Å². The molecule has 2 N–H and O–H groups in total. The van der Waals surface area contributed by atoms with Gasteiger partial charge in [-0.2, -0.15) is 5.10 Å². The second-order valence-electron chi connectivity index (χ2n) is 9.46. The number of hydrogen-bond acceptors (Lipinski definition) is 4. The predicted octanol–water partition coefficient (Wildman–Crippen LogP) is 6.80. The summed E-state index contributed by atoms with van der Waals surface area (Å²) in [6.45, 7) is 1.78. The summed E-state index contributed by atoms with van der Waals surface area (Å²) < 4.78 is 29.9. The lowest BCUT2D eigenvalue weighted by molar-refractivity contribution is 0.601. The third-order valence-corrected chi connectivity index (χ3v) is 8.29. The lowest BCUT2D eigenvalue weighted by Crippen LogP contribution is -2.21. The van der Waals surface area contributed by atoms with Gasteiger partial charge in [-0.05, 0) is 59.9 Å². The van der Waals surface area contributed by atoms with Gasteiger partial charge in [0.2, 0.25) is 0 Å². The molecule has 1 saturated heterocycles. The fourth-order valence-electron chi connectivity index (χ4n) is 4.90. The molecule has 0 unspecified atom stereocenters. The molecule has 1 aliphatic heterocycles. The van der Waals surface area contributed by atoms with Gasteiger partial charge in [-0.15, -0.1) is 0 Å². The highest BCUT2D eigenvalue weighted by Crippen LogP contribution is 2.36. The van der Waals surface area contributed by atoms with Gasteiger partial charge in [0.15, 0.2) is 0 Å². The number of nitrogens with zero attached hydrogens (tertiary/aromatic N) is 2. The number of fused-ring (bicyclic) bond motifs is 1. The average molecular weight is 521 g/mol. The van der Waals surface area contributed by atoms with E-state index in [0.29, 0.717) is 5.69 Å². The quantitative estimate of drug-likeness (QED) is 0.247. The van der Waals surface area contributed by atoms with Gasteiger partial charge in [0, 0.05) is 18.5 Å². The molecule has 1 aliphatic rings. The first-order valence-corrected chi connectivity index (χ1v) is 14.2. The van der Waals surface area contributed by atoms with Crippen molar-refractivity contribution in [2.75, 3.05) is 22.7 Å². The molecular formula is C31H28N4O2S. The molecule has 0 aliphatic carbocycles. The summed E-state index contributed by atoms with van der Waals surface area (Å²) in [7, 11) is -3.81. The van der Waals surface area contributed by atoms with Gasteiger partial charge in [0.25, 0.3) is 10.0 Å². The fourth-order valence-corrected chi connectivity index (χ4v) is 5.97. The van der Waals surface area contributed by atoms with Gasteiger partial charge in [-0.3, -0.25) is 9.82 Å². The van der Waals surface area contributed by atoms with E-state index in [9.17, 15) is 8.42 Å². The largest absolute Gasteiger partial charge is 0.370 e. The summed E-state index contributed by atoms with van der Waals surface area (Å²) in [6.07, 6.45) is 6.12. The summed E-state index contributed by atoms with van der Waals surface area (Å²) in [6, 6.07) is 30.8. The zero-order chi connectivity index (χ0) is 26.0.